The van der Waals surface area contributed by atoms with Crippen LogP contribution < -0.4 is 0 Å². The predicted octanol–water partition coefficient (Wildman–Crippen LogP) is 3.44. The molecule has 2 rings (SSSR count). The molecule has 1 heterocycles. The van der Waals surface area contributed by atoms with Crippen molar-refractivity contribution in [3.05, 3.63) is 35.7 Å². The van der Waals surface area contributed by atoms with Crippen LogP contribution in [0.3, 0.4) is 0 Å². The molecule has 0 saturated heterocycles. The first-order chi connectivity index (χ1) is 11.2. The molecule has 0 aliphatic rings. The van der Waals surface area contributed by atoms with E-state index >= 15 is 0 Å². The lowest BCUT2D eigenvalue weighted by Gasteiger charge is -2.08. The van der Waals surface area contributed by atoms with Crippen LogP contribution in [0.25, 0.3) is 0 Å². The highest BCUT2D eigenvalue weighted by molar-refractivity contribution is 7.99. The highest BCUT2D eigenvalue weighted by Gasteiger charge is 2.46. The molecule has 0 aliphatic heterocycles. The van der Waals surface area contributed by atoms with Crippen LogP contribution >= 0.6 is 11.8 Å². The first kappa shape index (κ1) is 18.7. The van der Waals surface area contributed by atoms with E-state index in [-0.39, 0.29) is 0 Å². The molecule has 24 heavy (non-hydrogen) atoms. The summed E-state index contributed by atoms with van der Waals surface area (Å²) in [5, 5.41) is 8.40. The summed E-state index contributed by atoms with van der Waals surface area (Å²) in [6.07, 6.45) is 1.40. The summed E-state index contributed by atoms with van der Waals surface area (Å²) in [5.41, 5.74) is -3.71. The van der Waals surface area contributed by atoms with E-state index < -0.39 is 20.2 Å². The van der Waals surface area contributed by atoms with Crippen LogP contribution in [0.4, 0.5) is 13.2 Å². The molecule has 0 unspecified atom stereocenters. The highest BCUT2D eigenvalue weighted by atomic mass is 32.2. The molecular weight excluding hydrogens is 363 g/mol. The van der Waals surface area contributed by atoms with Gasteiger partial charge in [0.1, 0.15) is 0 Å². The number of sulfone groups is 1. The average Bonchev–Trinajstić information content (AvgIpc) is 2.54. The maximum atomic E-state index is 12.5. The third kappa shape index (κ3) is 3.86. The summed E-state index contributed by atoms with van der Waals surface area (Å²) < 4.78 is 60.1. The van der Waals surface area contributed by atoms with Gasteiger partial charge in [-0.1, -0.05) is 13.8 Å². The number of hydrogen-bond donors (Lipinski definition) is 0. The quantitative estimate of drug-likeness (QED) is 0.795. The monoisotopic (exact) mass is 377 g/mol. The second-order valence-electron chi connectivity index (χ2n) is 4.72. The molecule has 0 fully saturated rings. The molecule has 0 N–H and O–H groups in total. The second kappa shape index (κ2) is 7.06. The summed E-state index contributed by atoms with van der Waals surface area (Å²) in [7, 11) is -5.34. The third-order valence-electron chi connectivity index (χ3n) is 3.14. The van der Waals surface area contributed by atoms with Crippen LogP contribution in [0.15, 0.2) is 39.2 Å². The molecule has 10 heteroatoms. The number of alkyl halides is 3. The van der Waals surface area contributed by atoms with Gasteiger partial charge in [-0.25, -0.2) is 13.4 Å². The van der Waals surface area contributed by atoms with Crippen LogP contribution in [-0.4, -0.2) is 29.1 Å². The third-order valence-corrected chi connectivity index (χ3v) is 5.50. The molecule has 1 aromatic heterocycles. The summed E-state index contributed by atoms with van der Waals surface area (Å²) in [6.45, 7) is 3.88. The van der Waals surface area contributed by atoms with Crippen LogP contribution in [0, 0.1) is 0 Å². The number of hydrogen-bond acceptors (Lipinski definition) is 6. The number of benzene rings is 1. The lowest BCUT2D eigenvalue weighted by atomic mass is 10.2. The molecule has 5 nitrogen and oxygen atoms in total. The molecule has 2 aromatic rings. The molecule has 1 aromatic carbocycles. The molecule has 130 valence electrons. The Labute approximate surface area is 141 Å². The van der Waals surface area contributed by atoms with E-state index in [1.165, 1.54) is 12.1 Å². The van der Waals surface area contributed by atoms with E-state index in [1.807, 2.05) is 13.8 Å². The van der Waals surface area contributed by atoms with Crippen molar-refractivity contribution in [1.29, 1.82) is 0 Å². The molecule has 0 saturated carbocycles. The highest BCUT2D eigenvalue weighted by Crippen LogP contribution is 2.32. The molecule has 0 spiro atoms. The van der Waals surface area contributed by atoms with Gasteiger partial charge in [0.25, 0.3) is 9.84 Å². The van der Waals surface area contributed by atoms with Crippen molar-refractivity contribution in [2.75, 3.05) is 0 Å². The fourth-order valence-electron chi connectivity index (χ4n) is 1.89. The van der Waals surface area contributed by atoms with E-state index in [0.29, 0.717) is 22.9 Å². The van der Waals surface area contributed by atoms with Crippen molar-refractivity contribution in [1.82, 2.24) is 15.2 Å². The van der Waals surface area contributed by atoms with Gasteiger partial charge >= 0.3 is 5.51 Å². The van der Waals surface area contributed by atoms with Gasteiger partial charge in [0.05, 0.1) is 16.3 Å². The van der Waals surface area contributed by atoms with Gasteiger partial charge in [0.2, 0.25) is 5.16 Å². The van der Waals surface area contributed by atoms with Crippen LogP contribution in [0.5, 0.6) is 0 Å². The van der Waals surface area contributed by atoms with Crippen molar-refractivity contribution < 1.29 is 21.6 Å². The topological polar surface area (TPSA) is 72.8 Å². The number of rotatable bonds is 5. The van der Waals surface area contributed by atoms with Gasteiger partial charge in [0, 0.05) is 4.90 Å². The smallest absolute Gasteiger partial charge is 0.224 e. The zero-order valence-corrected chi connectivity index (χ0v) is 14.5. The minimum atomic E-state index is -5.34. The van der Waals surface area contributed by atoms with Crippen molar-refractivity contribution in [3.63, 3.8) is 0 Å². The summed E-state index contributed by atoms with van der Waals surface area (Å²) in [6, 6.07) is 4.40. The maximum absolute atomic E-state index is 12.5. The van der Waals surface area contributed by atoms with Crippen molar-refractivity contribution in [2.45, 2.75) is 47.1 Å². The van der Waals surface area contributed by atoms with Gasteiger partial charge in [-0.15, -0.1) is 5.10 Å². The number of aromatic nitrogens is 3. The second-order valence-corrected chi connectivity index (χ2v) is 7.70. The van der Waals surface area contributed by atoms with Gasteiger partial charge < -0.3 is 0 Å². The Morgan fingerprint density at radius 2 is 1.58 bits per heavy atom. The Morgan fingerprint density at radius 3 is 2.08 bits per heavy atom. The first-order valence-corrected chi connectivity index (χ1v) is 9.30. The first-order valence-electron chi connectivity index (χ1n) is 7.00. The Hall–Kier alpha value is -1.68. The fraction of sp³-hybridized carbons (Fsp3) is 0.357. The normalized spacial score (nSPS) is 12.4. The number of aryl methyl sites for hydroxylation is 2. The Balaban J connectivity index is 2.24. The largest absolute Gasteiger partial charge is 0.501 e. The fourth-order valence-corrected chi connectivity index (χ4v) is 3.37. The Kier molecular flexibility index (Phi) is 5.49. The van der Waals surface area contributed by atoms with Crippen LogP contribution in [-0.2, 0) is 22.7 Å². The minimum absolute atomic E-state index is 0.357. The van der Waals surface area contributed by atoms with Gasteiger partial charge in [-0.3, -0.25) is 0 Å². The lowest BCUT2D eigenvalue weighted by molar-refractivity contribution is -0.0436. The number of nitrogens with zero attached hydrogens (tertiary/aromatic N) is 3. The zero-order valence-electron chi connectivity index (χ0n) is 12.8. The summed E-state index contributed by atoms with van der Waals surface area (Å²) >= 11 is 1.10. The average molecular weight is 377 g/mol. The van der Waals surface area contributed by atoms with Crippen molar-refractivity contribution >= 4 is 21.6 Å². The zero-order chi connectivity index (χ0) is 18.0. The summed E-state index contributed by atoms with van der Waals surface area (Å²) in [5.74, 6) is 0. The van der Waals surface area contributed by atoms with E-state index in [0.717, 1.165) is 35.3 Å². The standard InChI is InChI=1S/C14H14F3N3O2S2/c1-3-11-12(4-2)19-20-13(18-11)23-9-5-7-10(8-6-9)24(21,22)14(15,16)17/h5-8H,3-4H2,1-2H3. The van der Waals surface area contributed by atoms with E-state index in [1.54, 1.807) is 0 Å². The Morgan fingerprint density at radius 1 is 1.00 bits per heavy atom. The molecule has 0 bridgehead atoms. The SMILES string of the molecule is CCc1nnc(Sc2ccc(S(=O)(=O)C(F)(F)F)cc2)nc1CC. The number of halogens is 3. The summed E-state index contributed by atoms with van der Waals surface area (Å²) in [4.78, 5) is 4.08. The predicted molar refractivity (Wildman–Crippen MR) is 82.4 cm³/mol. The van der Waals surface area contributed by atoms with E-state index in [2.05, 4.69) is 15.2 Å². The van der Waals surface area contributed by atoms with Gasteiger partial charge in [-0.2, -0.15) is 18.3 Å². The molecule has 0 radical (unpaired) electrons. The van der Waals surface area contributed by atoms with Crippen molar-refractivity contribution in [2.24, 2.45) is 0 Å². The van der Waals surface area contributed by atoms with E-state index in [4.69, 9.17) is 0 Å². The van der Waals surface area contributed by atoms with Crippen molar-refractivity contribution in [3.8, 4) is 0 Å². The molecule has 0 atom stereocenters. The van der Waals surface area contributed by atoms with Gasteiger partial charge in [0.15, 0.2) is 0 Å². The minimum Gasteiger partial charge on any atom is -0.224 e. The van der Waals surface area contributed by atoms with Crippen LogP contribution in [0.2, 0.25) is 0 Å². The van der Waals surface area contributed by atoms with Crippen LogP contribution in [0.1, 0.15) is 25.2 Å². The molecular formula is C14H14F3N3O2S2. The van der Waals surface area contributed by atoms with E-state index in [9.17, 15) is 21.6 Å². The molecule has 0 amide bonds. The Bertz CT molecular complexity index is 822. The maximum Gasteiger partial charge on any atom is 0.501 e. The van der Waals surface area contributed by atoms with Gasteiger partial charge in [-0.05, 0) is 48.9 Å². The lowest BCUT2D eigenvalue weighted by Crippen LogP contribution is -2.23. The molecule has 0 aliphatic carbocycles.